The molecule has 0 radical (unpaired) electrons. The highest BCUT2D eigenvalue weighted by Gasteiger charge is 2.28. The number of aryl methyl sites for hydroxylation is 1. The van der Waals surface area contributed by atoms with Gasteiger partial charge in [0.05, 0.1) is 11.9 Å². The van der Waals surface area contributed by atoms with Gasteiger partial charge in [0.15, 0.2) is 0 Å². The summed E-state index contributed by atoms with van der Waals surface area (Å²) in [6.07, 6.45) is 2.61. The highest BCUT2D eigenvalue weighted by atomic mass is 32.2. The van der Waals surface area contributed by atoms with Crippen LogP contribution in [0.2, 0.25) is 0 Å². The van der Waals surface area contributed by atoms with Crippen LogP contribution in [0.3, 0.4) is 0 Å². The number of rotatable bonds is 6. The molecule has 1 aromatic rings. The van der Waals surface area contributed by atoms with Crippen molar-refractivity contribution in [3.05, 3.63) is 35.4 Å². The fraction of sp³-hybridized carbons (Fsp3) is 0.625. The summed E-state index contributed by atoms with van der Waals surface area (Å²) in [6, 6.07) is 8.31. The van der Waals surface area contributed by atoms with E-state index in [4.69, 9.17) is 4.74 Å². The van der Waals surface area contributed by atoms with Crippen LogP contribution in [0.5, 0.6) is 0 Å². The first-order valence-electron chi connectivity index (χ1n) is 7.67. The van der Waals surface area contributed by atoms with Crippen LogP contribution < -0.4 is 4.72 Å². The Kier molecular flexibility index (Phi) is 5.79. The number of ether oxygens (including phenoxy) is 1. The first-order valence-corrected chi connectivity index (χ1v) is 9.32. The summed E-state index contributed by atoms with van der Waals surface area (Å²) in [5.41, 5.74) is 2.36. The summed E-state index contributed by atoms with van der Waals surface area (Å²) in [6.45, 7) is 5.14. The minimum atomic E-state index is -3.15. The Labute approximate surface area is 127 Å². The van der Waals surface area contributed by atoms with Gasteiger partial charge in [-0.1, -0.05) is 36.8 Å². The fourth-order valence-corrected chi connectivity index (χ4v) is 3.90. The molecule has 2 rings (SSSR count). The normalized spacial score (nSPS) is 23.1. The maximum absolute atomic E-state index is 11.8. The molecule has 1 heterocycles. The van der Waals surface area contributed by atoms with Crippen LogP contribution in [0.1, 0.15) is 43.4 Å². The van der Waals surface area contributed by atoms with E-state index in [2.05, 4.69) is 35.9 Å². The topological polar surface area (TPSA) is 55.4 Å². The minimum Gasteiger partial charge on any atom is -0.373 e. The maximum atomic E-state index is 11.8. The van der Waals surface area contributed by atoms with E-state index in [0.717, 1.165) is 25.0 Å². The number of nitrogens with one attached hydrogen (secondary N) is 1. The number of sulfonamides is 1. The molecule has 21 heavy (non-hydrogen) atoms. The lowest BCUT2D eigenvalue weighted by Gasteiger charge is -2.32. The monoisotopic (exact) mass is 311 g/mol. The molecule has 5 heteroatoms. The molecule has 0 saturated carbocycles. The molecule has 1 aliphatic rings. The zero-order chi connectivity index (χ0) is 15.3. The van der Waals surface area contributed by atoms with E-state index in [1.54, 1.807) is 0 Å². The Balaban J connectivity index is 2.04. The second kappa shape index (κ2) is 7.38. The van der Waals surface area contributed by atoms with Gasteiger partial charge in [-0.05, 0) is 31.7 Å². The first kappa shape index (κ1) is 16.5. The summed E-state index contributed by atoms with van der Waals surface area (Å²) < 4.78 is 32.3. The Morgan fingerprint density at radius 3 is 2.67 bits per heavy atom. The van der Waals surface area contributed by atoms with E-state index >= 15 is 0 Å². The zero-order valence-electron chi connectivity index (χ0n) is 12.8. The summed E-state index contributed by atoms with van der Waals surface area (Å²) >= 11 is 0. The molecule has 1 saturated heterocycles. The van der Waals surface area contributed by atoms with Crippen molar-refractivity contribution in [2.75, 3.05) is 18.9 Å². The summed E-state index contributed by atoms with van der Waals surface area (Å²) in [5, 5.41) is 0. The molecule has 118 valence electrons. The summed E-state index contributed by atoms with van der Waals surface area (Å²) in [4.78, 5) is 0. The van der Waals surface area contributed by atoms with Crippen LogP contribution in [-0.4, -0.2) is 27.3 Å². The van der Waals surface area contributed by atoms with E-state index in [9.17, 15) is 8.42 Å². The Hall–Kier alpha value is -0.910. The first-order chi connectivity index (χ1) is 10.0. The van der Waals surface area contributed by atoms with Gasteiger partial charge in [-0.2, -0.15) is 0 Å². The van der Waals surface area contributed by atoms with E-state index < -0.39 is 10.0 Å². The molecule has 2 unspecified atom stereocenters. The fourth-order valence-electron chi connectivity index (χ4n) is 2.75. The van der Waals surface area contributed by atoms with Crippen LogP contribution >= 0.6 is 0 Å². The molecule has 1 N–H and O–H groups in total. The van der Waals surface area contributed by atoms with Gasteiger partial charge in [0.2, 0.25) is 10.0 Å². The lowest BCUT2D eigenvalue weighted by Crippen LogP contribution is -2.36. The van der Waals surface area contributed by atoms with Gasteiger partial charge in [0, 0.05) is 19.1 Å². The lowest BCUT2D eigenvalue weighted by molar-refractivity contribution is -0.0262. The van der Waals surface area contributed by atoms with Crippen LogP contribution in [0.25, 0.3) is 0 Å². The maximum Gasteiger partial charge on any atom is 0.211 e. The third-order valence-corrected chi connectivity index (χ3v) is 5.44. The Morgan fingerprint density at radius 1 is 1.29 bits per heavy atom. The number of benzene rings is 1. The quantitative estimate of drug-likeness (QED) is 0.879. The smallest absolute Gasteiger partial charge is 0.211 e. The molecule has 4 nitrogen and oxygen atoms in total. The van der Waals surface area contributed by atoms with Gasteiger partial charge in [-0.3, -0.25) is 0 Å². The molecular weight excluding hydrogens is 286 g/mol. The van der Waals surface area contributed by atoms with Gasteiger partial charge in [0.25, 0.3) is 0 Å². The van der Waals surface area contributed by atoms with E-state index in [-0.39, 0.29) is 17.8 Å². The molecular formula is C16H25NO3S. The summed E-state index contributed by atoms with van der Waals surface area (Å²) in [7, 11) is -3.15. The standard InChI is InChI=1S/C16H25NO3S/c1-3-11-21(18,19)17-12-15-5-4-10-20-16(15)14-8-6-13(2)7-9-14/h6-9,15-17H,3-5,10-12H2,1-2H3. The van der Waals surface area contributed by atoms with Crippen molar-refractivity contribution in [1.82, 2.24) is 4.72 Å². The molecule has 2 atom stereocenters. The predicted octanol–water partition coefficient (Wildman–Crippen LogP) is 2.79. The van der Waals surface area contributed by atoms with Crippen molar-refractivity contribution >= 4 is 10.0 Å². The van der Waals surface area contributed by atoms with E-state index in [0.29, 0.717) is 13.0 Å². The van der Waals surface area contributed by atoms with Gasteiger partial charge in [-0.15, -0.1) is 0 Å². The second-order valence-electron chi connectivity index (χ2n) is 5.77. The number of hydrogen-bond donors (Lipinski definition) is 1. The average Bonchev–Trinajstić information content (AvgIpc) is 2.46. The van der Waals surface area contributed by atoms with Gasteiger partial charge < -0.3 is 4.74 Å². The second-order valence-corrected chi connectivity index (χ2v) is 7.70. The average molecular weight is 311 g/mol. The summed E-state index contributed by atoms with van der Waals surface area (Å²) in [5.74, 6) is 0.392. The molecule has 0 amide bonds. The van der Waals surface area contributed by atoms with E-state index in [1.807, 2.05) is 6.92 Å². The molecule has 1 aliphatic heterocycles. The Morgan fingerprint density at radius 2 is 2.00 bits per heavy atom. The van der Waals surface area contributed by atoms with Crippen molar-refractivity contribution in [3.8, 4) is 0 Å². The van der Waals surface area contributed by atoms with Crippen LogP contribution in [-0.2, 0) is 14.8 Å². The predicted molar refractivity (Wildman–Crippen MR) is 84.7 cm³/mol. The van der Waals surface area contributed by atoms with Crippen LogP contribution in [0.4, 0.5) is 0 Å². The Bertz CT molecular complexity index is 539. The zero-order valence-corrected chi connectivity index (χ0v) is 13.7. The molecule has 0 aromatic heterocycles. The minimum absolute atomic E-state index is 0.0105. The largest absolute Gasteiger partial charge is 0.373 e. The van der Waals surface area contributed by atoms with Crippen molar-refractivity contribution in [3.63, 3.8) is 0 Å². The van der Waals surface area contributed by atoms with Crippen molar-refractivity contribution in [2.45, 2.75) is 39.2 Å². The SMILES string of the molecule is CCCS(=O)(=O)NCC1CCCOC1c1ccc(C)cc1. The molecule has 0 spiro atoms. The molecule has 0 aliphatic carbocycles. The highest BCUT2D eigenvalue weighted by Crippen LogP contribution is 2.33. The third-order valence-electron chi connectivity index (χ3n) is 3.89. The van der Waals surface area contributed by atoms with Crippen LogP contribution in [0, 0.1) is 12.8 Å². The molecule has 0 bridgehead atoms. The lowest BCUT2D eigenvalue weighted by atomic mass is 9.89. The van der Waals surface area contributed by atoms with Crippen molar-refractivity contribution < 1.29 is 13.2 Å². The van der Waals surface area contributed by atoms with Crippen molar-refractivity contribution in [2.24, 2.45) is 5.92 Å². The molecule has 1 aromatic carbocycles. The van der Waals surface area contributed by atoms with Gasteiger partial charge in [0.1, 0.15) is 0 Å². The van der Waals surface area contributed by atoms with Crippen molar-refractivity contribution in [1.29, 1.82) is 0 Å². The van der Waals surface area contributed by atoms with Crippen LogP contribution in [0.15, 0.2) is 24.3 Å². The molecule has 1 fully saturated rings. The highest BCUT2D eigenvalue weighted by molar-refractivity contribution is 7.89. The van der Waals surface area contributed by atoms with Gasteiger partial charge in [-0.25, -0.2) is 13.1 Å². The number of hydrogen-bond acceptors (Lipinski definition) is 3. The third kappa shape index (κ3) is 4.80. The van der Waals surface area contributed by atoms with E-state index in [1.165, 1.54) is 5.56 Å². The van der Waals surface area contributed by atoms with Gasteiger partial charge >= 0.3 is 0 Å².